The molecule has 0 aromatic heterocycles. The highest BCUT2D eigenvalue weighted by Crippen LogP contribution is 2.30. The molecule has 2 aliphatic rings. The predicted octanol–water partition coefficient (Wildman–Crippen LogP) is 18.2. The van der Waals surface area contributed by atoms with E-state index in [0.717, 1.165) is 44.9 Å². The van der Waals surface area contributed by atoms with Gasteiger partial charge in [0, 0.05) is 6.42 Å². The second-order valence-corrected chi connectivity index (χ2v) is 28.5. The van der Waals surface area contributed by atoms with Crippen LogP contribution in [0.5, 0.6) is 0 Å². The van der Waals surface area contributed by atoms with E-state index in [4.69, 9.17) is 18.9 Å². The molecule has 14 nitrogen and oxygen atoms in total. The number of carbonyl (C=O) groups excluding carboxylic acids is 1. The molecule has 14 heteroatoms. The van der Waals surface area contributed by atoms with Gasteiger partial charge in [0.1, 0.15) is 48.8 Å². The van der Waals surface area contributed by atoms with Crippen LogP contribution in [0.25, 0.3) is 0 Å². The molecule has 0 aliphatic carbocycles. The fraction of sp³-hybridized carbons (Fsp3) is 0.889. The summed E-state index contributed by atoms with van der Waals surface area (Å²) in [5, 5.41) is 87.6. The summed E-state index contributed by atoms with van der Waals surface area (Å²) in [6, 6.07) is -0.940. The van der Waals surface area contributed by atoms with E-state index >= 15 is 0 Å². The van der Waals surface area contributed by atoms with E-state index in [1.54, 1.807) is 6.08 Å². The molecule has 0 radical (unpaired) electrons. The number of hydrogen-bond donors (Lipinski definition) is 9. The lowest BCUT2D eigenvalue weighted by Gasteiger charge is -2.46. The number of aliphatic hydroxyl groups excluding tert-OH is 8. The Morgan fingerprint density at radius 2 is 0.674 bits per heavy atom. The second kappa shape index (κ2) is 65.3. The highest BCUT2D eigenvalue weighted by molar-refractivity contribution is 5.76. The lowest BCUT2D eigenvalue weighted by molar-refractivity contribution is -0.359. The Balaban J connectivity index is 1.64. The first-order valence-electron chi connectivity index (χ1n) is 40.4. The molecular weight excluding hydrogens is 1190 g/mol. The Labute approximate surface area is 582 Å². The summed E-state index contributed by atoms with van der Waals surface area (Å²) in [4.78, 5) is 13.4. The lowest BCUT2D eigenvalue weighted by Crippen LogP contribution is -2.65. The summed E-state index contributed by atoms with van der Waals surface area (Å²) < 4.78 is 22.9. The number of ether oxygens (including phenoxy) is 4. The summed E-state index contributed by atoms with van der Waals surface area (Å²) in [5.74, 6) is -0.247. The molecule has 0 saturated carbocycles. The number of hydrogen-bond acceptors (Lipinski definition) is 13. The Morgan fingerprint density at radius 1 is 0.368 bits per heavy atom. The second-order valence-electron chi connectivity index (χ2n) is 28.5. The van der Waals surface area contributed by atoms with Crippen LogP contribution in [0.4, 0.5) is 0 Å². The number of unbranched alkanes of at least 4 members (excludes halogenated alkanes) is 49. The van der Waals surface area contributed by atoms with Crippen molar-refractivity contribution >= 4 is 5.91 Å². The molecule has 12 unspecified atom stereocenters. The average molecular weight is 1350 g/mol. The van der Waals surface area contributed by atoms with E-state index in [1.807, 2.05) is 6.08 Å². The van der Waals surface area contributed by atoms with E-state index in [0.29, 0.717) is 12.8 Å². The van der Waals surface area contributed by atoms with Crippen LogP contribution in [0.3, 0.4) is 0 Å². The third-order valence-electron chi connectivity index (χ3n) is 19.7. The Hall–Kier alpha value is -2.05. The van der Waals surface area contributed by atoms with E-state index in [-0.39, 0.29) is 18.9 Å². The monoisotopic (exact) mass is 1350 g/mol. The highest BCUT2D eigenvalue weighted by Gasteiger charge is 2.51. The zero-order valence-electron chi connectivity index (χ0n) is 61.2. The van der Waals surface area contributed by atoms with Gasteiger partial charge in [-0.15, -0.1) is 0 Å². The van der Waals surface area contributed by atoms with Crippen LogP contribution in [0, 0.1) is 0 Å². The van der Waals surface area contributed by atoms with Gasteiger partial charge in [0.2, 0.25) is 5.91 Å². The van der Waals surface area contributed by atoms with Gasteiger partial charge in [-0.05, 0) is 70.6 Å². The van der Waals surface area contributed by atoms with Crippen LogP contribution < -0.4 is 5.32 Å². The quantitative estimate of drug-likeness (QED) is 0.0204. The summed E-state index contributed by atoms with van der Waals surface area (Å²) in [6.45, 7) is 2.84. The van der Waals surface area contributed by atoms with Gasteiger partial charge in [-0.1, -0.05) is 339 Å². The maximum atomic E-state index is 13.4. The molecule has 2 fully saturated rings. The third-order valence-corrected chi connectivity index (χ3v) is 19.7. The molecule has 2 aliphatic heterocycles. The predicted molar refractivity (Wildman–Crippen MR) is 392 cm³/mol. The molecule has 0 aromatic rings. The molecule has 9 N–H and O–H groups in total. The molecule has 95 heavy (non-hydrogen) atoms. The van der Waals surface area contributed by atoms with Gasteiger partial charge in [0.05, 0.1) is 32.0 Å². The standard InChI is InChI=1S/C81H151NO13/c1-3-5-7-9-11-13-15-17-19-21-23-25-27-29-31-33-35-37-39-41-43-45-47-49-51-53-55-57-59-61-63-65-73(86)82-69(68-92-80-78(91)76(89)79(72(67-84)94-80)95-81-77(90)75(88)74(87)71(66-83)93-81)70(85)64-62-60-58-56-54-52-50-48-46-44-42-40-38-36-34-32-30-28-26-24-22-20-18-16-14-12-10-8-6-4-2/h21,23,46,48,54,56,62,64,69-72,74-81,83-85,87-91H,3-20,22,24-45,47,49-53,55,57-61,63,65-68H2,1-2H3,(H,82,86)/b23-21-,48-46+,56-54+,64-62+. The fourth-order valence-corrected chi connectivity index (χ4v) is 13.3. The first-order valence-corrected chi connectivity index (χ1v) is 40.4. The average Bonchev–Trinajstić information content (AvgIpc) is 0.801. The van der Waals surface area contributed by atoms with Gasteiger partial charge in [-0.2, -0.15) is 0 Å². The largest absolute Gasteiger partial charge is 0.394 e. The van der Waals surface area contributed by atoms with E-state index in [2.05, 4.69) is 55.6 Å². The molecule has 2 heterocycles. The van der Waals surface area contributed by atoms with Crippen molar-refractivity contribution < 1.29 is 64.6 Å². The Kier molecular flexibility index (Phi) is 61.2. The minimum Gasteiger partial charge on any atom is -0.394 e. The van der Waals surface area contributed by atoms with Crippen LogP contribution in [-0.2, 0) is 23.7 Å². The van der Waals surface area contributed by atoms with Crippen LogP contribution in [-0.4, -0.2) is 140 Å². The molecule has 1 amide bonds. The van der Waals surface area contributed by atoms with E-state index in [9.17, 15) is 45.6 Å². The maximum Gasteiger partial charge on any atom is 0.220 e. The van der Waals surface area contributed by atoms with Crippen molar-refractivity contribution in [2.24, 2.45) is 0 Å². The number of allylic oxidation sites excluding steroid dienone is 7. The fourth-order valence-electron chi connectivity index (χ4n) is 13.3. The molecule has 2 rings (SSSR count). The van der Waals surface area contributed by atoms with Gasteiger partial charge < -0.3 is 65.1 Å². The zero-order chi connectivity index (χ0) is 68.7. The molecule has 0 bridgehead atoms. The lowest BCUT2D eigenvalue weighted by atomic mass is 9.97. The number of aliphatic hydroxyl groups is 8. The number of rotatable bonds is 68. The first-order chi connectivity index (χ1) is 46.6. The molecule has 0 spiro atoms. The van der Waals surface area contributed by atoms with Gasteiger partial charge in [-0.25, -0.2) is 0 Å². The summed E-state index contributed by atoms with van der Waals surface area (Å²) >= 11 is 0. The third kappa shape index (κ3) is 48.4. The van der Waals surface area contributed by atoms with Crippen molar-refractivity contribution in [3.05, 3.63) is 48.6 Å². The molecular formula is C81H151NO13. The van der Waals surface area contributed by atoms with E-state index in [1.165, 1.54) is 289 Å². The summed E-state index contributed by atoms with van der Waals surface area (Å²) in [6.07, 6.45) is 70.6. The van der Waals surface area contributed by atoms with Crippen LogP contribution >= 0.6 is 0 Å². The van der Waals surface area contributed by atoms with Gasteiger partial charge in [0.15, 0.2) is 12.6 Å². The molecule has 558 valence electrons. The SMILES string of the molecule is CCCCCCCCCC/C=C\CCCCCCCCCCCCCCCCCCCCCC(=O)NC(COC1OC(CO)C(OC2OC(CO)C(O)C(O)C2O)C(O)C1O)C(O)/C=C/CC/C=C/CC/C=C/CCCCCCCCCCCCCCCCCCCCCC. The summed E-state index contributed by atoms with van der Waals surface area (Å²) in [5.41, 5.74) is 0. The van der Waals surface area contributed by atoms with Crippen molar-refractivity contribution in [2.45, 2.75) is 441 Å². The maximum absolute atomic E-state index is 13.4. The molecule has 12 atom stereocenters. The van der Waals surface area contributed by atoms with Crippen molar-refractivity contribution in [3.63, 3.8) is 0 Å². The van der Waals surface area contributed by atoms with Gasteiger partial charge in [-0.3, -0.25) is 4.79 Å². The Morgan fingerprint density at radius 3 is 1.03 bits per heavy atom. The topological polar surface area (TPSA) is 228 Å². The van der Waals surface area contributed by atoms with Gasteiger partial charge in [0.25, 0.3) is 0 Å². The van der Waals surface area contributed by atoms with Crippen molar-refractivity contribution in [2.75, 3.05) is 19.8 Å². The zero-order valence-corrected chi connectivity index (χ0v) is 61.2. The minimum absolute atomic E-state index is 0.247. The summed E-state index contributed by atoms with van der Waals surface area (Å²) in [7, 11) is 0. The number of amides is 1. The van der Waals surface area contributed by atoms with Crippen molar-refractivity contribution in [1.29, 1.82) is 0 Å². The van der Waals surface area contributed by atoms with Crippen molar-refractivity contribution in [1.82, 2.24) is 5.32 Å². The van der Waals surface area contributed by atoms with Gasteiger partial charge >= 0.3 is 0 Å². The normalized spacial score (nSPS) is 22.5. The number of carbonyl (C=O) groups is 1. The smallest absolute Gasteiger partial charge is 0.220 e. The van der Waals surface area contributed by atoms with Crippen LogP contribution in [0.15, 0.2) is 48.6 Å². The van der Waals surface area contributed by atoms with E-state index < -0.39 is 86.8 Å². The highest BCUT2D eigenvalue weighted by atomic mass is 16.7. The number of nitrogens with one attached hydrogen (secondary N) is 1. The van der Waals surface area contributed by atoms with Crippen LogP contribution in [0.2, 0.25) is 0 Å². The van der Waals surface area contributed by atoms with Crippen LogP contribution in [0.1, 0.15) is 367 Å². The first kappa shape index (κ1) is 89.0. The molecule has 2 saturated heterocycles. The Bertz CT molecular complexity index is 1780. The molecule has 0 aromatic carbocycles. The van der Waals surface area contributed by atoms with Crippen molar-refractivity contribution in [3.8, 4) is 0 Å². The minimum atomic E-state index is -1.79.